The van der Waals surface area contributed by atoms with Gasteiger partial charge in [-0.25, -0.2) is 4.98 Å². The second-order valence-corrected chi connectivity index (χ2v) is 5.88. The van der Waals surface area contributed by atoms with Crippen LogP contribution in [0, 0.1) is 18.3 Å². The van der Waals surface area contributed by atoms with Crippen LogP contribution < -0.4 is 4.74 Å². The summed E-state index contributed by atoms with van der Waals surface area (Å²) >= 11 is 3.07. The van der Waals surface area contributed by atoms with Gasteiger partial charge in [0.1, 0.15) is 11.6 Å². The van der Waals surface area contributed by atoms with E-state index in [0.717, 1.165) is 27.2 Å². The van der Waals surface area contributed by atoms with Gasteiger partial charge in [0, 0.05) is 5.75 Å². The largest absolute Gasteiger partial charge is 0.493 e. The van der Waals surface area contributed by atoms with E-state index in [0.29, 0.717) is 13.0 Å². The van der Waals surface area contributed by atoms with E-state index in [2.05, 4.69) is 15.4 Å². The Labute approximate surface area is 120 Å². The molecule has 2 rings (SSSR count). The molecule has 0 saturated heterocycles. The molecule has 19 heavy (non-hydrogen) atoms. The van der Waals surface area contributed by atoms with Crippen molar-refractivity contribution < 1.29 is 4.74 Å². The summed E-state index contributed by atoms with van der Waals surface area (Å²) in [7, 11) is 0. The molecule has 0 aliphatic heterocycles. The van der Waals surface area contributed by atoms with E-state index in [1.165, 1.54) is 11.5 Å². The van der Waals surface area contributed by atoms with Crippen LogP contribution in [0.1, 0.15) is 11.4 Å². The molecule has 0 fully saturated rings. The predicted molar refractivity (Wildman–Crippen MR) is 76.6 cm³/mol. The molecule has 6 heteroatoms. The summed E-state index contributed by atoms with van der Waals surface area (Å²) in [5, 5.41) is 8.58. The van der Waals surface area contributed by atoms with Gasteiger partial charge in [0.25, 0.3) is 0 Å². The average molecular weight is 291 g/mol. The molecule has 4 nitrogen and oxygen atoms in total. The molecule has 0 radical (unpaired) electrons. The number of nitriles is 1. The van der Waals surface area contributed by atoms with Crippen molar-refractivity contribution in [2.45, 2.75) is 17.7 Å². The number of hydrogen-bond acceptors (Lipinski definition) is 6. The molecule has 0 unspecified atom stereocenters. The van der Waals surface area contributed by atoms with Crippen molar-refractivity contribution in [2.24, 2.45) is 0 Å². The van der Waals surface area contributed by atoms with E-state index in [4.69, 9.17) is 10.00 Å². The predicted octanol–water partition coefficient (Wildman–Crippen LogP) is 3.08. The maximum absolute atomic E-state index is 8.58. The van der Waals surface area contributed by atoms with Crippen molar-refractivity contribution in [1.29, 1.82) is 5.26 Å². The zero-order valence-corrected chi connectivity index (χ0v) is 12.1. The van der Waals surface area contributed by atoms with Crippen molar-refractivity contribution in [2.75, 3.05) is 12.4 Å². The van der Waals surface area contributed by atoms with Gasteiger partial charge < -0.3 is 4.74 Å². The van der Waals surface area contributed by atoms with Crippen LogP contribution in [0.5, 0.6) is 5.75 Å². The number of benzene rings is 1. The molecule has 1 heterocycles. The summed E-state index contributed by atoms with van der Waals surface area (Å²) < 4.78 is 10.7. The smallest absolute Gasteiger partial charge is 0.170 e. The lowest BCUT2D eigenvalue weighted by atomic mass is 10.2. The van der Waals surface area contributed by atoms with Gasteiger partial charge in [-0.2, -0.15) is 9.64 Å². The van der Waals surface area contributed by atoms with Crippen molar-refractivity contribution in [1.82, 2.24) is 9.36 Å². The minimum Gasteiger partial charge on any atom is -0.493 e. The van der Waals surface area contributed by atoms with Gasteiger partial charge in [-0.15, -0.1) is 0 Å². The molecular formula is C13H13N3OS2. The SMILES string of the molecule is Cc1nsc(SCCOc2ccc(CC#N)cc2)n1. The molecule has 0 spiro atoms. The van der Waals surface area contributed by atoms with Crippen molar-refractivity contribution in [3.05, 3.63) is 35.7 Å². The van der Waals surface area contributed by atoms with Gasteiger partial charge in [0.2, 0.25) is 0 Å². The van der Waals surface area contributed by atoms with E-state index < -0.39 is 0 Å². The second-order valence-electron chi connectivity index (χ2n) is 3.78. The zero-order valence-electron chi connectivity index (χ0n) is 10.5. The molecule has 0 aliphatic rings. The maximum Gasteiger partial charge on any atom is 0.170 e. The number of thioether (sulfide) groups is 1. The first-order chi connectivity index (χ1) is 9.28. The highest BCUT2D eigenvalue weighted by Gasteiger charge is 2.01. The molecule has 0 bridgehead atoms. The summed E-state index contributed by atoms with van der Waals surface area (Å²) in [5.41, 5.74) is 1.01. The van der Waals surface area contributed by atoms with Crippen LogP contribution in [-0.2, 0) is 6.42 Å². The summed E-state index contributed by atoms with van der Waals surface area (Å²) in [6.45, 7) is 2.51. The van der Waals surface area contributed by atoms with Crippen LogP contribution >= 0.6 is 23.3 Å². The first-order valence-electron chi connectivity index (χ1n) is 5.80. The zero-order chi connectivity index (χ0) is 13.5. The third kappa shape index (κ3) is 4.54. The minimum atomic E-state index is 0.437. The van der Waals surface area contributed by atoms with Crippen LogP contribution in [-0.4, -0.2) is 21.7 Å². The average Bonchev–Trinajstić information content (AvgIpc) is 2.83. The molecule has 0 saturated carbocycles. The fraction of sp³-hybridized carbons (Fsp3) is 0.308. The molecule has 1 aromatic heterocycles. The van der Waals surface area contributed by atoms with Crippen molar-refractivity contribution in [3.63, 3.8) is 0 Å². The van der Waals surface area contributed by atoms with Crippen LogP contribution in [0.4, 0.5) is 0 Å². The quantitative estimate of drug-likeness (QED) is 0.604. The van der Waals surface area contributed by atoms with Gasteiger partial charge >= 0.3 is 0 Å². The Hall–Kier alpha value is -1.58. The summed E-state index contributed by atoms with van der Waals surface area (Å²) in [4.78, 5) is 4.27. The van der Waals surface area contributed by atoms with Gasteiger partial charge in [-0.1, -0.05) is 23.9 Å². The standard InChI is InChI=1S/C13H13N3OS2/c1-10-15-13(19-16-10)18-9-8-17-12-4-2-11(3-5-12)6-7-14/h2-5H,6,8-9H2,1H3. The highest BCUT2D eigenvalue weighted by molar-refractivity contribution is 8.00. The number of hydrogen-bond donors (Lipinski definition) is 0. The Morgan fingerprint density at radius 3 is 2.79 bits per heavy atom. The lowest BCUT2D eigenvalue weighted by Gasteiger charge is -2.05. The van der Waals surface area contributed by atoms with Crippen LogP contribution in [0.15, 0.2) is 28.6 Å². The van der Waals surface area contributed by atoms with E-state index in [1.807, 2.05) is 31.2 Å². The molecule has 2 aromatic rings. The minimum absolute atomic E-state index is 0.437. The Balaban J connectivity index is 1.72. The van der Waals surface area contributed by atoms with Crippen LogP contribution in [0.25, 0.3) is 0 Å². The highest BCUT2D eigenvalue weighted by Crippen LogP contribution is 2.20. The fourth-order valence-electron chi connectivity index (χ4n) is 1.42. The third-order valence-electron chi connectivity index (χ3n) is 2.29. The molecule has 98 valence electrons. The summed E-state index contributed by atoms with van der Waals surface area (Å²) in [6, 6.07) is 9.74. The van der Waals surface area contributed by atoms with Gasteiger partial charge in [0.05, 0.1) is 19.1 Å². The van der Waals surface area contributed by atoms with Gasteiger partial charge in [-0.3, -0.25) is 0 Å². The number of rotatable bonds is 6. The van der Waals surface area contributed by atoms with E-state index >= 15 is 0 Å². The van der Waals surface area contributed by atoms with Gasteiger partial charge in [-0.05, 0) is 36.2 Å². The Morgan fingerprint density at radius 1 is 1.37 bits per heavy atom. The fourth-order valence-corrected chi connectivity index (χ4v) is 2.95. The second kappa shape index (κ2) is 7.12. The highest BCUT2D eigenvalue weighted by atomic mass is 32.2. The normalized spacial score (nSPS) is 10.1. The van der Waals surface area contributed by atoms with Gasteiger partial charge in [0.15, 0.2) is 4.34 Å². The van der Waals surface area contributed by atoms with Crippen LogP contribution in [0.3, 0.4) is 0 Å². The molecule has 1 aromatic carbocycles. The number of ether oxygens (including phenoxy) is 1. The molecule has 0 N–H and O–H groups in total. The molecule has 0 atom stereocenters. The third-order valence-corrected chi connectivity index (χ3v) is 4.18. The van der Waals surface area contributed by atoms with E-state index in [-0.39, 0.29) is 0 Å². The van der Waals surface area contributed by atoms with Crippen molar-refractivity contribution in [3.8, 4) is 11.8 Å². The lowest BCUT2D eigenvalue weighted by molar-refractivity contribution is 0.344. The molecule has 0 amide bonds. The Morgan fingerprint density at radius 2 is 2.16 bits per heavy atom. The number of aryl methyl sites for hydroxylation is 1. The monoisotopic (exact) mass is 291 g/mol. The molecular weight excluding hydrogens is 278 g/mol. The Bertz CT molecular complexity index is 560. The summed E-state index contributed by atoms with van der Waals surface area (Å²) in [5.74, 6) is 2.49. The van der Waals surface area contributed by atoms with Crippen molar-refractivity contribution >= 4 is 23.3 Å². The first-order valence-corrected chi connectivity index (χ1v) is 7.55. The summed E-state index contributed by atoms with van der Waals surface area (Å²) in [6.07, 6.45) is 0.437. The van der Waals surface area contributed by atoms with E-state index in [9.17, 15) is 0 Å². The van der Waals surface area contributed by atoms with Crippen LogP contribution in [0.2, 0.25) is 0 Å². The lowest BCUT2D eigenvalue weighted by Crippen LogP contribution is -2.00. The first kappa shape index (κ1) is 13.8. The molecule has 0 aliphatic carbocycles. The number of aromatic nitrogens is 2. The number of nitrogens with zero attached hydrogens (tertiary/aromatic N) is 3. The van der Waals surface area contributed by atoms with E-state index in [1.54, 1.807) is 11.8 Å². The maximum atomic E-state index is 8.58. The Kier molecular flexibility index (Phi) is 5.19. The topological polar surface area (TPSA) is 58.8 Å².